The van der Waals surface area contributed by atoms with Gasteiger partial charge in [-0.1, -0.05) is 48.5 Å². The number of ether oxygens (including phenoxy) is 4. The van der Waals surface area contributed by atoms with Crippen molar-refractivity contribution in [2.24, 2.45) is 5.10 Å². The molecule has 37 heavy (non-hydrogen) atoms. The number of amides is 1. The molecular formula is C30H28N2O5. The summed E-state index contributed by atoms with van der Waals surface area (Å²) in [5.74, 6) is 2.39. The minimum absolute atomic E-state index is 0.180. The van der Waals surface area contributed by atoms with Crippen LogP contribution in [0, 0.1) is 0 Å². The van der Waals surface area contributed by atoms with E-state index >= 15 is 0 Å². The molecule has 0 atom stereocenters. The number of hydrogen-bond acceptors (Lipinski definition) is 6. The third kappa shape index (κ3) is 6.01. The number of hydrazone groups is 1. The molecule has 7 nitrogen and oxygen atoms in total. The van der Waals surface area contributed by atoms with Gasteiger partial charge in [0.1, 0.15) is 19.8 Å². The normalized spacial score (nSPS) is 12.5. The fourth-order valence-corrected chi connectivity index (χ4v) is 4.17. The first-order valence-electron chi connectivity index (χ1n) is 12.3. The molecule has 0 spiro atoms. The van der Waals surface area contributed by atoms with Crippen molar-refractivity contribution in [3.63, 3.8) is 0 Å². The van der Waals surface area contributed by atoms with Gasteiger partial charge in [-0.05, 0) is 64.7 Å². The summed E-state index contributed by atoms with van der Waals surface area (Å²) in [6, 6.07) is 25.5. The molecule has 7 heteroatoms. The number of fused-ring (bicyclic) bond motifs is 2. The quantitative estimate of drug-likeness (QED) is 0.252. The van der Waals surface area contributed by atoms with Gasteiger partial charge in [-0.15, -0.1) is 0 Å². The Labute approximate surface area is 215 Å². The summed E-state index contributed by atoms with van der Waals surface area (Å²) in [6.07, 6.45) is 1.76. The molecule has 0 aromatic heterocycles. The van der Waals surface area contributed by atoms with E-state index in [1.165, 1.54) is 10.8 Å². The van der Waals surface area contributed by atoms with E-state index in [9.17, 15) is 4.79 Å². The van der Waals surface area contributed by atoms with Crippen LogP contribution in [0.4, 0.5) is 0 Å². The lowest BCUT2D eigenvalue weighted by molar-refractivity contribution is -0.120. The Kier molecular flexibility index (Phi) is 7.50. The second-order valence-corrected chi connectivity index (χ2v) is 8.51. The molecule has 0 unspecified atom stereocenters. The van der Waals surface area contributed by atoms with Gasteiger partial charge in [-0.25, -0.2) is 5.43 Å². The van der Waals surface area contributed by atoms with E-state index in [0.29, 0.717) is 49.4 Å². The van der Waals surface area contributed by atoms with Crippen LogP contribution in [0.1, 0.15) is 23.6 Å². The highest BCUT2D eigenvalue weighted by Gasteiger charge is 2.13. The Morgan fingerprint density at radius 3 is 2.65 bits per heavy atom. The van der Waals surface area contributed by atoms with E-state index < -0.39 is 0 Å². The number of hydrogen-bond donors (Lipinski definition) is 1. The Morgan fingerprint density at radius 2 is 1.76 bits per heavy atom. The van der Waals surface area contributed by atoms with E-state index in [1.54, 1.807) is 6.21 Å². The summed E-state index contributed by atoms with van der Waals surface area (Å²) in [7, 11) is 0. The van der Waals surface area contributed by atoms with Gasteiger partial charge in [-0.2, -0.15) is 5.10 Å². The van der Waals surface area contributed by atoms with Crippen LogP contribution in [-0.4, -0.2) is 31.9 Å². The summed E-state index contributed by atoms with van der Waals surface area (Å²) in [4.78, 5) is 12.4. The second-order valence-electron chi connectivity index (χ2n) is 8.51. The molecule has 1 aliphatic heterocycles. The van der Waals surface area contributed by atoms with Crippen molar-refractivity contribution in [1.82, 2.24) is 5.43 Å². The standard InChI is InChI=1S/C30H28N2O5/c1-2-34-28-17-22(11-13-27(28)37-20-24-8-5-7-23-6-3-4-9-25(23)24)19-31-32-30(33)18-21-10-12-26-29(16-21)36-15-14-35-26/h3-13,16-17,19H,2,14-15,18,20H2,1H3,(H,32,33)/b31-19+. The maximum absolute atomic E-state index is 12.4. The van der Waals surface area contributed by atoms with Crippen LogP contribution >= 0.6 is 0 Å². The van der Waals surface area contributed by atoms with Crippen molar-refractivity contribution >= 4 is 22.9 Å². The predicted molar refractivity (Wildman–Crippen MR) is 143 cm³/mol. The predicted octanol–water partition coefficient (Wildman–Crippen LogP) is 5.28. The van der Waals surface area contributed by atoms with Gasteiger partial charge >= 0.3 is 0 Å². The summed E-state index contributed by atoms with van der Waals surface area (Å²) >= 11 is 0. The van der Waals surface area contributed by atoms with Crippen molar-refractivity contribution in [3.8, 4) is 23.0 Å². The lowest BCUT2D eigenvalue weighted by Crippen LogP contribution is -2.20. The van der Waals surface area contributed by atoms with Crippen molar-refractivity contribution in [3.05, 3.63) is 95.6 Å². The first-order valence-corrected chi connectivity index (χ1v) is 12.3. The summed E-state index contributed by atoms with van der Waals surface area (Å²) in [5, 5.41) is 6.45. The summed E-state index contributed by atoms with van der Waals surface area (Å²) in [5.41, 5.74) is 5.28. The number of nitrogens with one attached hydrogen (secondary N) is 1. The molecule has 0 bridgehead atoms. The monoisotopic (exact) mass is 496 g/mol. The molecule has 1 heterocycles. The molecule has 0 saturated carbocycles. The fourth-order valence-electron chi connectivity index (χ4n) is 4.17. The Balaban J connectivity index is 1.21. The van der Waals surface area contributed by atoms with Crippen molar-refractivity contribution in [1.29, 1.82) is 0 Å². The molecule has 1 N–H and O–H groups in total. The second kappa shape index (κ2) is 11.5. The van der Waals surface area contributed by atoms with Crippen LogP contribution in [-0.2, 0) is 17.8 Å². The molecule has 0 radical (unpaired) electrons. The minimum Gasteiger partial charge on any atom is -0.490 e. The molecule has 1 amide bonds. The van der Waals surface area contributed by atoms with Crippen molar-refractivity contribution in [2.45, 2.75) is 20.0 Å². The average molecular weight is 497 g/mol. The smallest absolute Gasteiger partial charge is 0.244 e. The van der Waals surface area contributed by atoms with Crippen molar-refractivity contribution in [2.75, 3.05) is 19.8 Å². The molecule has 5 rings (SSSR count). The lowest BCUT2D eigenvalue weighted by atomic mass is 10.1. The van der Waals surface area contributed by atoms with E-state index in [-0.39, 0.29) is 12.3 Å². The van der Waals surface area contributed by atoms with Crippen LogP contribution in [0.25, 0.3) is 10.8 Å². The molecule has 188 valence electrons. The van der Waals surface area contributed by atoms with E-state index in [4.69, 9.17) is 18.9 Å². The minimum atomic E-state index is -0.229. The highest BCUT2D eigenvalue weighted by molar-refractivity contribution is 5.86. The zero-order valence-electron chi connectivity index (χ0n) is 20.6. The Bertz CT molecular complexity index is 1430. The van der Waals surface area contributed by atoms with Gasteiger partial charge in [0.15, 0.2) is 23.0 Å². The van der Waals surface area contributed by atoms with Gasteiger partial charge in [0, 0.05) is 0 Å². The van der Waals surface area contributed by atoms with Gasteiger partial charge in [0.2, 0.25) is 5.91 Å². The van der Waals surface area contributed by atoms with Crippen LogP contribution in [0.15, 0.2) is 84.0 Å². The van der Waals surface area contributed by atoms with Gasteiger partial charge < -0.3 is 18.9 Å². The molecule has 4 aromatic carbocycles. The zero-order valence-corrected chi connectivity index (χ0v) is 20.6. The molecular weight excluding hydrogens is 468 g/mol. The van der Waals surface area contributed by atoms with Crippen LogP contribution in [0.3, 0.4) is 0 Å². The third-order valence-electron chi connectivity index (χ3n) is 5.90. The summed E-state index contributed by atoms with van der Waals surface area (Å²) < 4.78 is 23.0. The molecule has 4 aromatic rings. The van der Waals surface area contributed by atoms with E-state index in [1.807, 2.05) is 61.5 Å². The van der Waals surface area contributed by atoms with Crippen LogP contribution in [0.5, 0.6) is 23.0 Å². The highest BCUT2D eigenvalue weighted by Crippen LogP contribution is 2.31. The first-order chi connectivity index (χ1) is 18.2. The third-order valence-corrected chi connectivity index (χ3v) is 5.90. The number of benzene rings is 4. The molecule has 0 fully saturated rings. The van der Waals surface area contributed by atoms with Gasteiger partial charge in [0.25, 0.3) is 0 Å². The Hall–Kier alpha value is -4.52. The molecule has 0 saturated heterocycles. The first kappa shape index (κ1) is 24.2. The SMILES string of the molecule is CCOc1cc(/C=N/NC(=O)Cc2ccc3c(c2)OCCO3)ccc1OCc1cccc2ccccc12. The zero-order chi connectivity index (χ0) is 25.5. The van der Waals surface area contributed by atoms with E-state index in [0.717, 1.165) is 16.7 Å². The highest BCUT2D eigenvalue weighted by atomic mass is 16.6. The van der Waals surface area contributed by atoms with E-state index in [2.05, 4.69) is 34.8 Å². The molecule has 1 aliphatic rings. The van der Waals surface area contributed by atoms with Crippen LogP contribution in [0.2, 0.25) is 0 Å². The topological polar surface area (TPSA) is 78.4 Å². The van der Waals surface area contributed by atoms with Crippen LogP contribution < -0.4 is 24.4 Å². The van der Waals surface area contributed by atoms with Gasteiger partial charge in [0.05, 0.1) is 19.2 Å². The maximum Gasteiger partial charge on any atom is 0.244 e. The number of nitrogens with zero attached hydrogens (tertiary/aromatic N) is 1. The lowest BCUT2D eigenvalue weighted by Gasteiger charge is -2.18. The largest absolute Gasteiger partial charge is 0.490 e. The van der Waals surface area contributed by atoms with Crippen molar-refractivity contribution < 1.29 is 23.7 Å². The fraction of sp³-hybridized carbons (Fsp3) is 0.200. The number of carbonyl (C=O) groups excluding carboxylic acids is 1. The van der Waals surface area contributed by atoms with Gasteiger partial charge in [-0.3, -0.25) is 4.79 Å². The molecule has 0 aliphatic carbocycles. The average Bonchev–Trinajstić information content (AvgIpc) is 2.93. The maximum atomic E-state index is 12.4. The number of carbonyl (C=O) groups is 1. The Morgan fingerprint density at radius 1 is 0.919 bits per heavy atom. The number of rotatable bonds is 9. The summed E-state index contributed by atoms with van der Waals surface area (Å²) in [6.45, 7) is 3.88.